The van der Waals surface area contributed by atoms with Gasteiger partial charge in [0.05, 0.1) is 6.54 Å². The van der Waals surface area contributed by atoms with Crippen molar-refractivity contribution in [2.75, 3.05) is 14.1 Å². The van der Waals surface area contributed by atoms with E-state index in [0.717, 1.165) is 6.54 Å². The van der Waals surface area contributed by atoms with Crippen molar-refractivity contribution in [1.29, 1.82) is 0 Å². The topological polar surface area (TPSA) is 0 Å². The average molecular weight is 146 g/mol. The summed E-state index contributed by atoms with van der Waals surface area (Å²) in [4.78, 5) is 0. The van der Waals surface area contributed by atoms with Crippen LogP contribution in [0, 0.1) is 0 Å². The van der Waals surface area contributed by atoms with E-state index in [0.29, 0.717) is 4.39 Å². The Hall–Kier alpha value is -0.755. The minimum atomic E-state index is 0.490. The highest BCUT2D eigenvalue weighted by atomic mass is 15.2. The van der Waals surface area contributed by atoms with Crippen molar-refractivity contribution in [3.63, 3.8) is 0 Å². The number of benzene rings is 1. The lowest BCUT2D eigenvalue weighted by molar-refractivity contribution is -0.787. The van der Waals surface area contributed by atoms with Gasteiger partial charge in [0.15, 0.2) is 0 Å². The van der Waals surface area contributed by atoms with Crippen LogP contribution in [0.4, 0.5) is 0 Å². The van der Waals surface area contributed by atoms with Gasteiger partial charge in [-0.05, 0) is 0 Å². The van der Waals surface area contributed by atoms with E-state index in [1.807, 2.05) is 32.3 Å². The number of hydrogen-bond donors (Lipinski definition) is 0. The van der Waals surface area contributed by atoms with E-state index in [1.165, 1.54) is 5.56 Å². The molecule has 0 heterocycles. The van der Waals surface area contributed by atoms with Crippen molar-refractivity contribution in [2.24, 2.45) is 0 Å². The first-order valence-electron chi connectivity index (χ1n) is 3.73. The third-order valence-corrected chi connectivity index (χ3v) is 1.43. The molecule has 0 aliphatic heterocycles. The molecule has 0 aliphatic carbocycles. The first kappa shape index (κ1) is 8.34. The summed E-state index contributed by atoms with van der Waals surface area (Å²) < 4.78 is 0.490. The predicted molar refractivity (Wildman–Crippen MR) is 48.0 cm³/mol. The average Bonchev–Trinajstić information content (AvgIpc) is 1.85. The van der Waals surface area contributed by atoms with Crippen LogP contribution in [0.3, 0.4) is 0 Å². The summed E-state index contributed by atoms with van der Waals surface area (Å²) in [6.45, 7) is 0.876. The van der Waals surface area contributed by atoms with Crippen LogP contribution < -0.4 is 0 Å². The van der Waals surface area contributed by atoms with Crippen molar-refractivity contribution in [3.05, 3.63) is 35.9 Å². The molecule has 0 spiro atoms. The molecule has 0 unspecified atom stereocenters. The van der Waals surface area contributed by atoms with E-state index >= 15 is 0 Å². The fraction of sp³-hybridized carbons (Fsp3) is 0.333. The van der Waals surface area contributed by atoms with E-state index in [1.54, 1.807) is 0 Å². The lowest BCUT2D eigenvalue weighted by atomic mass is 10.1. The molecule has 0 N–H and O–H groups in total. The van der Waals surface area contributed by atoms with E-state index in [9.17, 15) is 0 Å². The van der Waals surface area contributed by atoms with Crippen LogP contribution in [0.1, 0.15) is 5.56 Å². The summed E-state index contributed by atoms with van der Waals surface area (Å²) in [5.41, 5.74) is 1.28. The van der Waals surface area contributed by atoms with Crippen LogP contribution in [0.25, 0.3) is 0 Å². The second-order valence-electron chi connectivity index (χ2n) is 3.42. The molecule has 0 saturated heterocycles. The van der Waals surface area contributed by atoms with Crippen molar-refractivity contribution >= 4 is 7.98 Å². The van der Waals surface area contributed by atoms with Gasteiger partial charge in [0.25, 0.3) is 0 Å². The summed E-state index contributed by atoms with van der Waals surface area (Å²) in [7, 11) is 9.76. The van der Waals surface area contributed by atoms with Gasteiger partial charge in [0.1, 0.15) is 0 Å². The summed E-state index contributed by atoms with van der Waals surface area (Å²) >= 11 is 0. The molecule has 3 radical (unpaired) electrons. The first-order chi connectivity index (χ1) is 5.08. The predicted octanol–water partition coefficient (Wildman–Crippen LogP) is 1.35. The fourth-order valence-corrected chi connectivity index (χ4v) is 1.05. The van der Waals surface area contributed by atoms with E-state index in [4.69, 9.17) is 7.98 Å². The van der Waals surface area contributed by atoms with Gasteiger partial charge in [0.2, 0.25) is 0 Å². The molecule has 0 aromatic heterocycles. The van der Waals surface area contributed by atoms with Gasteiger partial charge >= 0.3 is 0 Å². The van der Waals surface area contributed by atoms with Crippen molar-refractivity contribution in [1.82, 2.24) is 0 Å². The monoisotopic (exact) mass is 146 g/mol. The second-order valence-corrected chi connectivity index (χ2v) is 3.42. The Labute approximate surface area is 69.7 Å². The Morgan fingerprint density at radius 2 is 1.73 bits per heavy atom. The highest BCUT2D eigenvalue weighted by molar-refractivity contribution is 5.97. The highest BCUT2D eigenvalue weighted by Crippen LogP contribution is 2.04. The quantitative estimate of drug-likeness (QED) is 0.552. The van der Waals surface area contributed by atoms with Crippen LogP contribution in [-0.4, -0.2) is 26.5 Å². The molecule has 57 valence electrons. The van der Waals surface area contributed by atoms with Crippen LogP contribution >= 0.6 is 0 Å². The van der Waals surface area contributed by atoms with E-state index in [2.05, 4.69) is 12.1 Å². The minimum absolute atomic E-state index is 0.490. The second kappa shape index (κ2) is 3.10. The zero-order valence-electron chi connectivity index (χ0n) is 7.12. The molecule has 0 saturated carbocycles. The smallest absolute Gasteiger partial charge is 0.0575 e. The molecule has 0 fully saturated rings. The molecule has 1 nitrogen and oxygen atoms in total. The van der Waals surface area contributed by atoms with Gasteiger partial charge in [-0.15, -0.1) is 0 Å². The third-order valence-electron chi connectivity index (χ3n) is 1.43. The molecule has 0 atom stereocenters. The zero-order valence-corrected chi connectivity index (χ0v) is 7.12. The Morgan fingerprint density at radius 3 is 2.18 bits per heavy atom. The van der Waals surface area contributed by atoms with Crippen molar-refractivity contribution < 1.29 is 4.39 Å². The number of nitrogens with zero attached hydrogens (tertiary/aromatic N) is 1. The molecule has 0 aliphatic rings. The first-order valence-corrected chi connectivity index (χ1v) is 3.73. The normalized spacial score (nSPS) is 11.5. The van der Waals surface area contributed by atoms with Gasteiger partial charge in [-0.1, -0.05) is 30.3 Å². The SMILES string of the molecule is [B-][N+](C)(C)Cc1ccccc1. The minimum Gasteiger partial charge on any atom is -0.589 e. The summed E-state index contributed by atoms with van der Waals surface area (Å²) in [6, 6.07) is 10.3. The Morgan fingerprint density at radius 1 is 1.18 bits per heavy atom. The van der Waals surface area contributed by atoms with Gasteiger partial charge in [-0.2, -0.15) is 0 Å². The highest BCUT2D eigenvalue weighted by Gasteiger charge is 1.96. The Bertz CT molecular complexity index is 213. The number of quaternary nitrogens is 1. The molecule has 2 heteroatoms. The largest absolute Gasteiger partial charge is 0.589 e. The summed E-state index contributed by atoms with van der Waals surface area (Å²) in [5, 5.41) is 0. The van der Waals surface area contributed by atoms with Gasteiger partial charge < -0.3 is 4.39 Å². The van der Waals surface area contributed by atoms with Crippen LogP contribution in [0.5, 0.6) is 0 Å². The lowest BCUT2D eigenvalue weighted by Crippen LogP contribution is -2.35. The van der Waals surface area contributed by atoms with Crippen LogP contribution in [0.15, 0.2) is 30.3 Å². The van der Waals surface area contributed by atoms with Gasteiger partial charge in [-0.25, -0.2) is 7.98 Å². The Balaban J connectivity index is 2.66. The van der Waals surface area contributed by atoms with Crippen molar-refractivity contribution in [3.8, 4) is 0 Å². The van der Waals surface area contributed by atoms with Gasteiger partial charge in [-0.3, -0.25) is 0 Å². The molecule has 1 rings (SSSR count). The molecule has 0 bridgehead atoms. The maximum absolute atomic E-state index is 5.80. The summed E-state index contributed by atoms with van der Waals surface area (Å²) in [6.07, 6.45) is 0. The number of hydrogen-bond acceptors (Lipinski definition) is 0. The molecular formula is C9H13BN. The maximum atomic E-state index is 5.80. The molecule has 11 heavy (non-hydrogen) atoms. The van der Waals surface area contributed by atoms with Crippen LogP contribution in [0.2, 0.25) is 0 Å². The molecule has 0 amide bonds. The fourth-order valence-electron chi connectivity index (χ4n) is 1.05. The molecule has 1 aromatic carbocycles. The Kier molecular flexibility index (Phi) is 2.35. The summed E-state index contributed by atoms with van der Waals surface area (Å²) in [5.74, 6) is 0. The molecular weight excluding hydrogens is 133 g/mol. The van der Waals surface area contributed by atoms with E-state index < -0.39 is 0 Å². The standard InChI is InChI=1S/C9H13BN/c1-11(2,10)8-9-6-4-3-5-7-9/h3-7H,8H2,1-2H3. The maximum Gasteiger partial charge on any atom is 0.0575 e. The molecule has 1 aromatic rings. The zero-order chi connectivity index (χ0) is 8.32. The lowest BCUT2D eigenvalue weighted by Gasteiger charge is -2.40. The van der Waals surface area contributed by atoms with E-state index in [-0.39, 0.29) is 0 Å². The van der Waals surface area contributed by atoms with Crippen molar-refractivity contribution in [2.45, 2.75) is 6.54 Å². The third kappa shape index (κ3) is 3.24. The number of rotatable bonds is 2. The van der Waals surface area contributed by atoms with Gasteiger partial charge in [0, 0.05) is 19.7 Å². The van der Waals surface area contributed by atoms with Crippen LogP contribution in [-0.2, 0) is 6.54 Å².